The Kier molecular flexibility index (Phi) is 6.64. The molecule has 0 aromatic heterocycles. The maximum absolute atomic E-state index is 2.58. The first-order valence-corrected chi connectivity index (χ1v) is 18.3. The van der Waals surface area contributed by atoms with Crippen LogP contribution in [0.4, 0.5) is 11.4 Å². The Bertz CT molecular complexity index is 2510. The fourth-order valence-corrected chi connectivity index (χ4v) is 9.49. The van der Waals surface area contributed by atoms with Crippen molar-refractivity contribution in [2.75, 3.05) is 4.90 Å². The van der Waals surface area contributed by atoms with E-state index in [1.54, 1.807) is 0 Å². The van der Waals surface area contributed by atoms with Gasteiger partial charge in [0.25, 0.3) is 0 Å². The fourth-order valence-electron chi connectivity index (χ4n) is 9.49. The van der Waals surface area contributed by atoms with Crippen molar-refractivity contribution < 1.29 is 0 Å². The van der Waals surface area contributed by atoms with Crippen molar-refractivity contribution in [3.05, 3.63) is 215 Å². The van der Waals surface area contributed by atoms with Gasteiger partial charge >= 0.3 is 0 Å². The minimum absolute atomic E-state index is 0.0517. The second-order valence-electron chi connectivity index (χ2n) is 14.7. The molecule has 0 fully saturated rings. The van der Waals surface area contributed by atoms with Gasteiger partial charge in [-0.1, -0.05) is 166 Å². The number of anilines is 2. The number of hydrogen-bond acceptors (Lipinski definition) is 1. The monoisotopic (exact) mass is 653 g/mol. The molecule has 7 aromatic carbocycles. The van der Waals surface area contributed by atoms with Gasteiger partial charge in [-0.3, -0.25) is 0 Å². The average Bonchev–Trinajstić information content (AvgIpc) is 3.61. The minimum Gasteiger partial charge on any atom is -0.310 e. The van der Waals surface area contributed by atoms with E-state index < -0.39 is 5.41 Å². The molecule has 10 rings (SSSR count). The number of nitrogens with zero attached hydrogens (tertiary/aromatic N) is 1. The second-order valence-corrected chi connectivity index (χ2v) is 14.7. The van der Waals surface area contributed by atoms with Crippen LogP contribution in [-0.2, 0) is 10.8 Å². The van der Waals surface area contributed by atoms with Crippen LogP contribution in [0.2, 0.25) is 0 Å². The molecule has 0 saturated heterocycles. The summed E-state index contributed by atoms with van der Waals surface area (Å²) in [5.41, 5.74) is 16.4. The van der Waals surface area contributed by atoms with E-state index in [2.05, 4.69) is 195 Å². The molecular formula is C50H39N. The Morgan fingerprint density at radius 3 is 1.86 bits per heavy atom. The summed E-state index contributed by atoms with van der Waals surface area (Å²) in [4.78, 5) is 2.58. The Hall–Kier alpha value is -5.92. The Morgan fingerprint density at radius 2 is 1.14 bits per heavy atom. The van der Waals surface area contributed by atoms with Crippen molar-refractivity contribution in [2.45, 2.75) is 37.5 Å². The van der Waals surface area contributed by atoms with Crippen molar-refractivity contribution in [1.29, 1.82) is 0 Å². The largest absolute Gasteiger partial charge is 0.310 e. The van der Waals surface area contributed by atoms with Crippen LogP contribution in [0.25, 0.3) is 33.0 Å². The molecule has 3 aliphatic carbocycles. The SMILES string of the molecule is CC1(C)c2ccccc2-c2cc(N(C3=CCCC=C3)c3c4c(cc5ccccc35)C(c3ccccc3)(c3ccccc3)c3ccccc3-4)ccc21. The van der Waals surface area contributed by atoms with Crippen molar-refractivity contribution in [2.24, 2.45) is 0 Å². The Labute approximate surface area is 300 Å². The van der Waals surface area contributed by atoms with E-state index in [9.17, 15) is 0 Å². The van der Waals surface area contributed by atoms with Crippen LogP contribution in [0.3, 0.4) is 0 Å². The van der Waals surface area contributed by atoms with Gasteiger partial charge in [-0.05, 0) is 92.6 Å². The molecule has 1 nitrogen and oxygen atoms in total. The van der Waals surface area contributed by atoms with Crippen LogP contribution < -0.4 is 4.90 Å². The van der Waals surface area contributed by atoms with Crippen LogP contribution in [0.1, 0.15) is 60.1 Å². The van der Waals surface area contributed by atoms with Gasteiger partial charge in [-0.25, -0.2) is 0 Å². The van der Waals surface area contributed by atoms with Crippen LogP contribution in [0.5, 0.6) is 0 Å². The van der Waals surface area contributed by atoms with E-state index in [-0.39, 0.29) is 5.41 Å². The molecule has 0 spiro atoms. The topological polar surface area (TPSA) is 3.24 Å². The van der Waals surface area contributed by atoms with Crippen molar-refractivity contribution in [3.8, 4) is 22.3 Å². The van der Waals surface area contributed by atoms with Gasteiger partial charge in [-0.2, -0.15) is 0 Å². The molecule has 0 amide bonds. The van der Waals surface area contributed by atoms with Crippen molar-refractivity contribution >= 4 is 22.1 Å². The summed E-state index contributed by atoms with van der Waals surface area (Å²) in [6.07, 6.45) is 9.19. The first-order chi connectivity index (χ1) is 25.1. The molecule has 0 bridgehead atoms. The third-order valence-electron chi connectivity index (χ3n) is 11.7. The number of rotatable bonds is 5. The summed E-state index contributed by atoms with van der Waals surface area (Å²) in [7, 11) is 0. The summed E-state index contributed by atoms with van der Waals surface area (Å²) in [5, 5.41) is 2.50. The zero-order chi connectivity index (χ0) is 34.2. The van der Waals surface area contributed by atoms with Gasteiger partial charge in [0.05, 0.1) is 11.1 Å². The smallest absolute Gasteiger partial charge is 0.0714 e. The fraction of sp³-hybridized carbons (Fsp3) is 0.120. The molecule has 1 heteroatoms. The van der Waals surface area contributed by atoms with E-state index in [1.165, 1.54) is 83.5 Å². The molecule has 0 N–H and O–H groups in total. The zero-order valence-electron chi connectivity index (χ0n) is 29.1. The average molecular weight is 654 g/mol. The van der Waals surface area contributed by atoms with Gasteiger partial charge in [0.2, 0.25) is 0 Å². The van der Waals surface area contributed by atoms with Gasteiger partial charge in [0.15, 0.2) is 0 Å². The quantitative estimate of drug-likeness (QED) is 0.179. The highest BCUT2D eigenvalue weighted by Crippen LogP contribution is 2.61. The Balaban J connectivity index is 1.35. The molecular weight excluding hydrogens is 615 g/mol. The first-order valence-electron chi connectivity index (χ1n) is 18.3. The molecule has 0 atom stereocenters. The van der Waals surface area contributed by atoms with Crippen molar-refractivity contribution in [1.82, 2.24) is 0 Å². The predicted molar refractivity (Wildman–Crippen MR) is 214 cm³/mol. The Morgan fingerprint density at radius 1 is 0.510 bits per heavy atom. The van der Waals surface area contributed by atoms with E-state index in [0.717, 1.165) is 12.8 Å². The van der Waals surface area contributed by atoms with E-state index in [4.69, 9.17) is 0 Å². The molecule has 0 radical (unpaired) electrons. The molecule has 0 heterocycles. The number of allylic oxidation sites excluding steroid dienone is 3. The third-order valence-corrected chi connectivity index (χ3v) is 11.7. The third kappa shape index (κ3) is 4.22. The van der Waals surface area contributed by atoms with Crippen LogP contribution >= 0.6 is 0 Å². The molecule has 0 unspecified atom stereocenters. The highest BCUT2D eigenvalue weighted by atomic mass is 15.2. The minimum atomic E-state index is -0.490. The molecule has 244 valence electrons. The lowest BCUT2D eigenvalue weighted by Crippen LogP contribution is -2.28. The zero-order valence-corrected chi connectivity index (χ0v) is 29.1. The highest BCUT2D eigenvalue weighted by molar-refractivity contribution is 6.10. The summed E-state index contributed by atoms with van der Waals surface area (Å²) < 4.78 is 0. The van der Waals surface area contributed by atoms with E-state index in [1.807, 2.05) is 0 Å². The predicted octanol–water partition coefficient (Wildman–Crippen LogP) is 12.9. The van der Waals surface area contributed by atoms with Gasteiger partial charge in [0.1, 0.15) is 0 Å². The molecule has 7 aromatic rings. The number of fused-ring (bicyclic) bond motifs is 7. The maximum Gasteiger partial charge on any atom is 0.0714 e. The van der Waals surface area contributed by atoms with Crippen LogP contribution in [0.15, 0.2) is 182 Å². The van der Waals surface area contributed by atoms with Gasteiger partial charge in [-0.15, -0.1) is 0 Å². The molecule has 51 heavy (non-hydrogen) atoms. The van der Waals surface area contributed by atoms with Crippen molar-refractivity contribution in [3.63, 3.8) is 0 Å². The molecule has 0 saturated carbocycles. The molecule has 3 aliphatic rings. The van der Waals surface area contributed by atoms with E-state index >= 15 is 0 Å². The highest BCUT2D eigenvalue weighted by Gasteiger charge is 2.48. The lowest BCUT2D eigenvalue weighted by molar-refractivity contribution is 0.660. The maximum atomic E-state index is 2.58. The lowest BCUT2D eigenvalue weighted by Gasteiger charge is -2.35. The van der Waals surface area contributed by atoms with Gasteiger partial charge < -0.3 is 4.90 Å². The van der Waals surface area contributed by atoms with Gasteiger partial charge in [0, 0.05) is 27.7 Å². The van der Waals surface area contributed by atoms with Crippen LogP contribution in [0, 0.1) is 0 Å². The summed E-state index contributed by atoms with van der Waals surface area (Å²) in [5.74, 6) is 0. The second kappa shape index (κ2) is 11.3. The number of hydrogen-bond donors (Lipinski definition) is 0. The van der Waals surface area contributed by atoms with E-state index in [0.29, 0.717) is 0 Å². The first kappa shape index (κ1) is 29.9. The summed E-state index contributed by atoms with van der Waals surface area (Å²) in [6.45, 7) is 4.73. The lowest BCUT2D eigenvalue weighted by atomic mass is 9.67. The summed E-state index contributed by atoms with van der Waals surface area (Å²) in [6, 6.07) is 59.1. The molecule has 0 aliphatic heterocycles. The van der Waals surface area contributed by atoms with Crippen LogP contribution in [-0.4, -0.2) is 0 Å². The summed E-state index contributed by atoms with van der Waals surface area (Å²) >= 11 is 0. The standard InChI is InChI=1S/C50H39N/c1-49(2)43-28-16-14-26-40(43)42-33-38(30-31-44(42)49)51(37-23-10-5-11-24-37)48-39-25-13-12-18-34(39)32-46-47(48)41-27-15-17-29-45(41)50(46,35-19-6-3-7-20-35)36-21-8-4-9-22-36/h3-4,6-10,12-33H,5,11H2,1-2H3. The number of benzene rings is 7. The normalized spacial score (nSPS) is 15.8.